The van der Waals surface area contributed by atoms with E-state index in [1.165, 1.54) is 30.4 Å². The maximum atomic E-state index is 9.77. The normalized spacial score (nSPS) is 31.2. The third-order valence-electron chi connectivity index (χ3n) is 5.69. The van der Waals surface area contributed by atoms with Gasteiger partial charge in [-0.1, -0.05) is 38.1 Å². The van der Waals surface area contributed by atoms with E-state index in [0.29, 0.717) is 6.04 Å². The Bertz CT molecular complexity index is 467. The summed E-state index contributed by atoms with van der Waals surface area (Å²) in [7, 11) is 2.27. The van der Waals surface area contributed by atoms with Gasteiger partial charge >= 0.3 is 0 Å². The van der Waals surface area contributed by atoms with Crippen LogP contribution in [0.25, 0.3) is 0 Å². The highest BCUT2D eigenvalue weighted by atomic mass is 16.3. The standard InChI is InChI=1S/C20H31NO/c1-14(2)8-15-4-6-16(7-5-15)13-21(3)19-9-17-11-20(22)12-18(17)10-19/h4-7,14,17-20,22H,8-13H2,1-3H3/t17-,18+,19?,20?. The van der Waals surface area contributed by atoms with Crippen molar-refractivity contribution in [2.45, 2.75) is 64.6 Å². The number of aliphatic hydroxyl groups is 1. The second-order valence-corrected chi connectivity index (χ2v) is 8.10. The number of nitrogens with zero attached hydrogens (tertiary/aromatic N) is 1. The molecular formula is C20H31NO. The highest BCUT2D eigenvalue weighted by Gasteiger charge is 2.42. The fraction of sp³-hybridized carbons (Fsp3) is 0.700. The van der Waals surface area contributed by atoms with Crippen molar-refractivity contribution in [1.82, 2.24) is 4.90 Å². The maximum Gasteiger partial charge on any atom is 0.0545 e. The first-order valence-corrected chi connectivity index (χ1v) is 8.97. The number of aliphatic hydroxyl groups excluding tert-OH is 1. The molecular weight excluding hydrogens is 270 g/mol. The lowest BCUT2D eigenvalue weighted by molar-refractivity contribution is 0.158. The van der Waals surface area contributed by atoms with Crippen molar-refractivity contribution in [3.05, 3.63) is 35.4 Å². The molecule has 1 N–H and O–H groups in total. The van der Waals surface area contributed by atoms with Gasteiger partial charge in [0.25, 0.3) is 0 Å². The van der Waals surface area contributed by atoms with E-state index in [1.807, 2.05) is 0 Å². The first-order valence-electron chi connectivity index (χ1n) is 8.97. The van der Waals surface area contributed by atoms with E-state index in [4.69, 9.17) is 0 Å². The summed E-state index contributed by atoms with van der Waals surface area (Å²) in [4.78, 5) is 2.53. The summed E-state index contributed by atoms with van der Waals surface area (Å²) in [5.74, 6) is 2.27. The Kier molecular flexibility index (Phi) is 4.89. The molecule has 2 unspecified atom stereocenters. The minimum absolute atomic E-state index is 0.0187. The Morgan fingerprint density at radius 1 is 1.00 bits per heavy atom. The fourth-order valence-corrected chi connectivity index (χ4v) is 4.58. The van der Waals surface area contributed by atoms with Crippen molar-refractivity contribution >= 4 is 0 Å². The molecule has 2 fully saturated rings. The van der Waals surface area contributed by atoms with Crippen LogP contribution < -0.4 is 0 Å². The SMILES string of the molecule is CC(C)Cc1ccc(CN(C)C2C[C@H]3CC(O)C[C@H]3C2)cc1. The van der Waals surface area contributed by atoms with Crippen LogP contribution in [-0.4, -0.2) is 29.2 Å². The summed E-state index contributed by atoms with van der Waals surface area (Å²) in [5, 5.41) is 9.77. The van der Waals surface area contributed by atoms with Crippen molar-refractivity contribution in [3.8, 4) is 0 Å². The Morgan fingerprint density at radius 2 is 1.55 bits per heavy atom. The molecule has 2 nitrogen and oxygen atoms in total. The summed E-state index contributed by atoms with van der Waals surface area (Å²) in [6.45, 7) is 5.60. The lowest BCUT2D eigenvalue weighted by atomic mass is 10.0. The molecule has 2 heteroatoms. The van der Waals surface area contributed by atoms with Crippen molar-refractivity contribution in [2.75, 3.05) is 7.05 Å². The Hall–Kier alpha value is -0.860. The first kappa shape index (κ1) is 16.0. The molecule has 2 aliphatic rings. The molecule has 4 atom stereocenters. The number of fused-ring (bicyclic) bond motifs is 1. The second kappa shape index (κ2) is 6.72. The third kappa shape index (κ3) is 3.72. The van der Waals surface area contributed by atoms with Gasteiger partial charge < -0.3 is 5.11 Å². The molecule has 1 aromatic carbocycles. The summed E-state index contributed by atoms with van der Waals surface area (Å²) in [5.41, 5.74) is 2.87. The lowest BCUT2D eigenvalue weighted by Crippen LogP contribution is -2.29. The van der Waals surface area contributed by atoms with Crippen LogP contribution in [0, 0.1) is 17.8 Å². The summed E-state index contributed by atoms with van der Waals surface area (Å²) in [6, 6.07) is 9.89. The zero-order valence-electron chi connectivity index (χ0n) is 14.3. The fourth-order valence-electron chi connectivity index (χ4n) is 4.58. The summed E-state index contributed by atoms with van der Waals surface area (Å²) in [6.07, 6.45) is 5.80. The van der Waals surface area contributed by atoms with Gasteiger partial charge in [0, 0.05) is 12.6 Å². The van der Waals surface area contributed by atoms with E-state index in [-0.39, 0.29) is 6.10 Å². The van der Waals surface area contributed by atoms with Gasteiger partial charge in [-0.3, -0.25) is 4.90 Å². The minimum atomic E-state index is -0.0187. The Morgan fingerprint density at radius 3 is 2.09 bits per heavy atom. The van der Waals surface area contributed by atoms with Crippen LogP contribution in [0.2, 0.25) is 0 Å². The molecule has 3 rings (SSSR count). The van der Waals surface area contributed by atoms with Crippen LogP contribution in [-0.2, 0) is 13.0 Å². The molecule has 2 aliphatic carbocycles. The van der Waals surface area contributed by atoms with Crippen LogP contribution in [0.1, 0.15) is 50.7 Å². The van der Waals surface area contributed by atoms with Gasteiger partial charge in [-0.2, -0.15) is 0 Å². The van der Waals surface area contributed by atoms with Crippen molar-refractivity contribution < 1.29 is 5.11 Å². The minimum Gasteiger partial charge on any atom is -0.393 e. The summed E-state index contributed by atoms with van der Waals surface area (Å²) >= 11 is 0. The molecule has 22 heavy (non-hydrogen) atoms. The predicted molar refractivity (Wildman–Crippen MR) is 91.7 cm³/mol. The molecule has 0 radical (unpaired) electrons. The molecule has 0 heterocycles. The van der Waals surface area contributed by atoms with Crippen LogP contribution in [0.5, 0.6) is 0 Å². The quantitative estimate of drug-likeness (QED) is 0.892. The van der Waals surface area contributed by atoms with E-state index in [0.717, 1.165) is 37.1 Å². The third-order valence-corrected chi connectivity index (χ3v) is 5.69. The predicted octanol–water partition coefficient (Wildman–Crippen LogP) is 3.87. The van der Waals surface area contributed by atoms with Crippen LogP contribution in [0.4, 0.5) is 0 Å². The van der Waals surface area contributed by atoms with Gasteiger partial charge in [-0.25, -0.2) is 0 Å². The highest BCUT2D eigenvalue weighted by molar-refractivity contribution is 5.23. The molecule has 2 saturated carbocycles. The molecule has 1 aromatic rings. The van der Waals surface area contributed by atoms with Crippen LogP contribution in [0.15, 0.2) is 24.3 Å². The van der Waals surface area contributed by atoms with Gasteiger partial charge in [0.1, 0.15) is 0 Å². The molecule has 0 bridgehead atoms. The monoisotopic (exact) mass is 301 g/mol. The van der Waals surface area contributed by atoms with Crippen LogP contribution in [0.3, 0.4) is 0 Å². The van der Waals surface area contributed by atoms with Gasteiger partial charge in [0.05, 0.1) is 6.10 Å². The molecule has 0 spiro atoms. The topological polar surface area (TPSA) is 23.5 Å². The Balaban J connectivity index is 1.53. The van der Waals surface area contributed by atoms with Crippen LogP contribution >= 0.6 is 0 Å². The van der Waals surface area contributed by atoms with Gasteiger partial charge in [-0.05, 0) is 68.0 Å². The van der Waals surface area contributed by atoms with E-state index in [1.54, 1.807) is 0 Å². The zero-order valence-corrected chi connectivity index (χ0v) is 14.3. The van der Waals surface area contributed by atoms with E-state index in [9.17, 15) is 5.11 Å². The smallest absolute Gasteiger partial charge is 0.0545 e. The van der Waals surface area contributed by atoms with E-state index >= 15 is 0 Å². The zero-order chi connectivity index (χ0) is 15.7. The van der Waals surface area contributed by atoms with E-state index < -0.39 is 0 Å². The van der Waals surface area contributed by atoms with Gasteiger partial charge in [0.15, 0.2) is 0 Å². The molecule has 122 valence electrons. The number of benzene rings is 1. The average molecular weight is 301 g/mol. The molecule has 0 saturated heterocycles. The van der Waals surface area contributed by atoms with Gasteiger partial charge in [0.2, 0.25) is 0 Å². The number of rotatable bonds is 5. The van der Waals surface area contributed by atoms with Crippen molar-refractivity contribution in [2.24, 2.45) is 17.8 Å². The maximum absolute atomic E-state index is 9.77. The molecule has 0 aliphatic heterocycles. The Labute approximate surface area is 135 Å². The molecule has 0 amide bonds. The van der Waals surface area contributed by atoms with Crippen molar-refractivity contribution in [1.29, 1.82) is 0 Å². The largest absolute Gasteiger partial charge is 0.393 e. The number of hydrogen-bond acceptors (Lipinski definition) is 2. The summed E-state index contributed by atoms with van der Waals surface area (Å²) < 4.78 is 0. The highest BCUT2D eigenvalue weighted by Crippen LogP contribution is 2.45. The van der Waals surface area contributed by atoms with Gasteiger partial charge in [-0.15, -0.1) is 0 Å². The van der Waals surface area contributed by atoms with E-state index in [2.05, 4.69) is 50.1 Å². The molecule has 0 aromatic heterocycles. The first-order chi connectivity index (χ1) is 10.5. The lowest BCUT2D eigenvalue weighted by Gasteiger charge is -2.25. The average Bonchev–Trinajstić information content (AvgIpc) is 2.97. The van der Waals surface area contributed by atoms with Crippen molar-refractivity contribution in [3.63, 3.8) is 0 Å². The number of hydrogen-bond donors (Lipinski definition) is 1. The second-order valence-electron chi connectivity index (χ2n) is 8.10.